The van der Waals surface area contributed by atoms with Crippen LogP contribution < -0.4 is 5.63 Å². The first-order valence-corrected chi connectivity index (χ1v) is 10.4. The molecule has 0 saturated carbocycles. The molecule has 3 aromatic carbocycles. The molecule has 0 aliphatic carbocycles. The van der Waals surface area contributed by atoms with Gasteiger partial charge in [-0.3, -0.25) is 0 Å². The Balaban J connectivity index is 1.74. The van der Waals surface area contributed by atoms with Crippen LogP contribution >= 0.6 is 15.9 Å². The normalized spacial score (nSPS) is 11.1. The van der Waals surface area contributed by atoms with Crippen molar-refractivity contribution in [1.29, 1.82) is 0 Å². The summed E-state index contributed by atoms with van der Waals surface area (Å²) in [5.41, 5.74) is 4.62. The second-order valence-electron chi connectivity index (χ2n) is 7.22. The summed E-state index contributed by atoms with van der Waals surface area (Å²) in [6.07, 6.45) is 0. The maximum absolute atomic E-state index is 12.7. The molecule has 0 spiro atoms. The fourth-order valence-electron chi connectivity index (χ4n) is 3.54. The summed E-state index contributed by atoms with van der Waals surface area (Å²) < 4.78 is 12.7. The Morgan fingerprint density at radius 3 is 2.27 bits per heavy atom. The molecule has 5 rings (SSSR count). The summed E-state index contributed by atoms with van der Waals surface area (Å²) in [5.74, 6) is 1.21. The molecule has 0 atom stereocenters. The van der Waals surface area contributed by atoms with Crippen molar-refractivity contribution >= 4 is 26.9 Å². The molecule has 0 radical (unpaired) electrons. The minimum atomic E-state index is -0.423. The number of furan rings is 1. The van der Waals surface area contributed by atoms with Crippen LogP contribution in [0.25, 0.3) is 44.7 Å². The van der Waals surface area contributed by atoms with Gasteiger partial charge in [0.15, 0.2) is 0 Å². The lowest BCUT2D eigenvalue weighted by Gasteiger charge is -2.03. The van der Waals surface area contributed by atoms with Gasteiger partial charge < -0.3 is 8.83 Å². The fourth-order valence-corrected chi connectivity index (χ4v) is 3.92. The highest BCUT2D eigenvalue weighted by molar-refractivity contribution is 9.10. The molecule has 30 heavy (non-hydrogen) atoms. The lowest BCUT2D eigenvalue weighted by Crippen LogP contribution is -2.01. The van der Waals surface area contributed by atoms with Crippen LogP contribution in [0.15, 0.2) is 103 Å². The Bertz CT molecular complexity index is 1410. The van der Waals surface area contributed by atoms with Crippen molar-refractivity contribution in [3.63, 3.8) is 0 Å². The molecule has 3 nitrogen and oxygen atoms in total. The first-order chi connectivity index (χ1) is 14.6. The van der Waals surface area contributed by atoms with Gasteiger partial charge in [-0.15, -0.1) is 0 Å². The zero-order chi connectivity index (χ0) is 20.7. The van der Waals surface area contributed by atoms with E-state index in [0.717, 1.165) is 32.3 Å². The standard InChI is InChI=1S/C26H17BrO3/c1-16-7-9-17(10-8-16)21-15-24(29-25(21)18-5-3-2-4-6-18)22-14-19-13-20(27)11-12-23(19)30-26(22)28/h2-15H,1H3. The molecule has 0 amide bonds. The third-order valence-corrected chi connectivity index (χ3v) is 5.58. The molecule has 146 valence electrons. The van der Waals surface area contributed by atoms with Crippen LogP contribution in [-0.4, -0.2) is 0 Å². The van der Waals surface area contributed by atoms with E-state index >= 15 is 0 Å². The van der Waals surface area contributed by atoms with Gasteiger partial charge in [-0.2, -0.15) is 0 Å². The van der Waals surface area contributed by atoms with Crippen LogP contribution in [-0.2, 0) is 0 Å². The third-order valence-electron chi connectivity index (χ3n) is 5.09. The minimum absolute atomic E-state index is 0.399. The molecule has 0 bridgehead atoms. The molecule has 0 saturated heterocycles. The van der Waals surface area contributed by atoms with Gasteiger partial charge in [-0.05, 0) is 42.8 Å². The average molecular weight is 457 g/mol. The lowest BCUT2D eigenvalue weighted by atomic mass is 10.0. The second-order valence-corrected chi connectivity index (χ2v) is 8.13. The van der Waals surface area contributed by atoms with E-state index in [2.05, 4.69) is 47.1 Å². The fraction of sp³-hybridized carbons (Fsp3) is 0.0385. The maximum atomic E-state index is 12.7. The Hall–Kier alpha value is -3.37. The molecular weight excluding hydrogens is 440 g/mol. The highest BCUT2D eigenvalue weighted by atomic mass is 79.9. The molecular formula is C26H17BrO3. The molecule has 0 unspecified atom stereocenters. The molecule has 0 N–H and O–H groups in total. The zero-order valence-electron chi connectivity index (χ0n) is 16.2. The number of fused-ring (bicyclic) bond motifs is 1. The van der Waals surface area contributed by atoms with Gasteiger partial charge in [0.25, 0.3) is 0 Å². The number of benzene rings is 3. The number of rotatable bonds is 3. The van der Waals surface area contributed by atoms with Gasteiger partial charge in [0.1, 0.15) is 22.7 Å². The van der Waals surface area contributed by atoms with Crippen LogP contribution in [0.2, 0.25) is 0 Å². The molecule has 0 aliphatic rings. The van der Waals surface area contributed by atoms with Crippen molar-refractivity contribution in [2.45, 2.75) is 6.92 Å². The summed E-state index contributed by atoms with van der Waals surface area (Å²) in [6, 6.07) is 27.5. The van der Waals surface area contributed by atoms with Crippen molar-refractivity contribution in [3.05, 3.63) is 105 Å². The number of halogens is 1. The van der Waals surface area contributed by atoms with Gasteiger partial charge >= 0.3 is 5.63 Å². The summed E-state index contributed by atoms with van der Waals surface area (Å²) in [6.45, 7) is 2.06. The third kappa shape index (κ3) is 3.40. The second kappa shape index (κ2) is 7.47. The van der Waals surface area contributed by atoms with E-state index in [1.165, 1.54) is 5.56 Å². The van der Waals surface area contributed by atoms with Crippen molar-refractivity contribution in [1.82, 2.24) is 0 Å². The summed E-state index contributed by atoms with van der Waals surface area (Å²) in [5, 5.41) is 0.827. The Labute approximate surface area is 181 Å². The summed E-state index contributed by atoms with van der Waals surface area (Å²) >= 11 is 3.47. The Kier molecular flexibility index (Phi) is 4.64. The van der Waals surface area contributed by atoms with Gasteiger partial charge in [-0.25, -0.2) is 4.79 Å². The van der Waals surface area contributed by atoms with Crippen LogP contribution in [0.3, 0.4) is 0 Å². The Morgan fingerprint density at radius 2 is 1.50 bits per heavy atom. The molecule has 2 aromatic heterocycles. The SMILES string of the molecule is Cc1ccc(-c2cc(-c3cc4cc(Br)ccc4oc3=O)oc2-c2ccccc2)cc1. The van der Waals surface area contributed by atoms with Crippen molar-refractivity contribution in [2.75, 3.05) is 0 Å². The van der Waals surface area contributed by atoms with Crippen molar-refractivity contribution in [3.8, 4) is 33.8 Å². The van der Waals surface area contributed by atoms with Crippen LogP contribution in [0.5, 0.6) is 0 Å². The molecule has 4 heteroatoms. The lowest BCUT2D eigenvalue weighted by molar-refractivity contribution is 0.551. The Morgan fingerprint density at radius 1 is 0.733 bits per heavy atom. The van der Waals surface area contributed by atoms with E-state index in [4.69, 9.17) is 8.83 Å². The first kappa shape index (κ1) is 18.6. The minimum Gasteiger partial charge on any atom is -0.455 e. The summed E-state index contributed by atoms with van der Waals surface area (Å²) in [7, 11) is 0. The van der Waals surface area contributed by atoms with Crippen LogP contribution in [0, 0.1) is 6.92 Å². The molecule has 2 heterocycles. The largest absolute Gasteiger partial charge is 0.455 e. The number of hydrogen-bond donors (Lipinski definition) is 0. The first-order valence-electron chi connectivity index (χ1n) is 9.58. The van der Waals surface area contributed by atoms with E-state index in [9.17, 15) is 4.79 Å². The predicted octanol–water partition coefficient (Wildman–Crippen LogP) is 7.46. The highest BCUT2D eigenvalue weighted by Gasteiger charge is 2.19. The maximum Gasteiger partial charge on any atom is 0.347 e. The van der Waals surface area contributed by atoms with Gasteiger partial charge in [0, 0.05) is 21.0 Å². The number of aryl methyl sites for hydroxylation is 1. The monoisotopic (exact) mass is 456 g/mol. The van der Waals surface area contributed by atoms with Crippen molar-refractivity contribution < 1.29 is 8.83 Å². The van der Waals surface area contributed by atoms with E-state index in [1.54, 1.807) is 6.07 Å². The van der Waals surface area contributed by atoms with Crippen LogP contribution in [0.1, 0.15) is 5.56 Å². The zero-order valence-corrected chi connectivity index (χ0v) is 17.8. The number of hydrogen-bond acceptors (Lipinski definition) is 3. The quantitative estimate of drug-likeness (QED) is 0.264. The highest BCUT2D eigenvalue weighted by Crippen LogP contribution is 2.38. The molecule has 0 aliphatic heterocycles. The van der Waals surface area contributed by atoms with Gasteiger partial charge in [0.2, 0.25) is 0 Å². The smallest absolute Gasteiger partial charge is 0.347 e. The van der Waals surface area contributed by atoms with Crippen LogP contribution in [0.4, 0.5) is 0 Å². The predicted molar refractivity (Wildman–Crippen MR) is 123 cm³/mol. The van der Waals surface area contributed by atoms with E-state index in [1.807, 2.05) is 54.6 Å². The van der Waals surface area contributed by atoms with Gasteiger partial charge in [-0.1, -0.05) is 76.1 Å². The average Bonchev–Trinajstić information content (AvgIpc) is 3.20. The molecule has 0 fully saturated rings. The van der Waals surface area contributed by atoms with Crippen molar-refractivity contribution in [2.24, 2.45) is 0 Å². The van der Waals surface area contributed by atoms with E-state index in [-0.39, 0.29) is 0 Å². The topological polar surface area (TPSA) is 43.4 Å². The van der Waals surface area contributed by atoms with E-state index in [0.29, 0.717) is 16.9 Å². The van der Waals surface area contributed by atoms with E-state index < -0.39 is 5.63 Å². The molecule has 5 aromatic rings. The van der Waals surface area contributed by atoms with Gasteiger partial charge in [0.05, 0.1) is 0 Å². The summed E-state index contributed by atoms with van der Waals surface area (Å²) in [4.78, 5) is 12.7.